The van der Waals surface area contributed by atoms with Gasteiger partial charge < -0.3 is 20.7 Å². The maximum atomic E-state index is 10.8. The number of carbonyl (C=O) groups excluding carboxylic acids is 1. The van der Waals surface area contributed by atoms with E-state index in [1.165, 1.54) is 0 Å². The third kappa shape index (κ3) is 1.42. The van der Waals surface area contributed by atoms with Crippen LogP contribution in [0.4, 0.5) is 0 Å². The second kappa shape index (κ2) is 3.42. The Morgan fingerprint density at radius 2 is 2.00 bits per heavy atom. The summed E-state index contributed by atoms with van der Waals surface area (Å²) in [5.74, 6) is -0.561. The van der Waals surface area contributed by atoms with Gasteiger partial charge in [-0.2, -0.15) is 0 Å². The molecule has 0 spiro atoms. The lowest BCUT2D eigenvalue weighted by atomic mass is 10.0. The van der Waals surface area contributed by atoms with Gasteiger partial charge in [0.1, 0.15) is 12.2 Å². The number of ether oxygens (including phenoxy) is 1. The summed E-state index contributed by atoms with van der Waals surface area (Å²) in [6.45, 7) is 0. The van der Waals surface area contributed by atoms with Crippen LogP contribution in [0, 0.1) is 5.92 Å². The van der Waals surface area contributed by atoms with Gasteiger partial charge in [0, 0.05) is 12.0 Å². The molecule has 13 heavy (non-hydrogen) atoms. The minimum absolute atomic E-state index is 0. The molecule has 0 bridgehead atoms. The predicted molar refractivity (Wildman–Crippen MR) is 45.2 cm³/mol. The molecule has 1 heterocycles. The number of halogens is 1. The standard InChI is InChI=1S/C7H11NO4.ClH/c8-4-2-1-3(9)12-7(2)6(11)5(4)10;/h2,4-7,10-11H,1,8H2;1H/t2-,4-,5-,6-,7-;/m1./s1. The van der Waals surface area contributed by atoms with Crippen molar-refractivity contribution in [3.8, 4) is 0 Å². The first kappa shape index (κ1) is 10.7. The second-order valence-corrected chi connectivity index (χ2v) is 3.38. The number of aliphatic hydroxyl groups excluding tert-OH is 2. The van der Waals surface area contributed by atoms with Crippen molar-refractivity contribution in [2.75, 3.05) is 0 Å². The van der Waals surface area contributed by atoms with Crippen molar-refractivity contribution in [2.45, 2.75) is 30.8 Å². The van der Waals surface area contributed by atoms with Crippen LogP contribution in [0.3, 0.4) is 0 Å². The molecule has 1 aliphatic heterocycles. The van der Waals surface area contributed by atoms with Crippen LogP contribution in [-0.4, -0.2) is 40.5 Å². The summed E-state index contributed by atoms with van der Waals surface area (Å²) in [6, 6.07) is -0.545. The first-order chi connectivity index (χ1) is 5.61. The molecule has 1 saturated carbocycles. The molecule has 76 valence electrons. The van der Waals surface area contributed by atoms with Crippen LogP contribution < -0.4 is 5.73 Å². The van der Waals surface area contributed by atoms with Crippen LogP contribution >= 0.6 is 12.4 Å². The Hall–Kier alpha value is -0.360. The highest BCUT2D eigenvalue weighted by Crippen LogP contribution is 2.36. The molecule has 2 rings (SSSR count). The SMILES string of the molecule is Cl.N[C@H]1[C@@H](O)[C@@H](O)[C@@H]2OC(=O)C[C@H]12. The lowest BCUT2D eigenvalue weighted by Gasteiger charge is -2.14. The second-order valence-electron chi connectivity index (χ2n) is 3.38. The Bertz CT molecular complexity index is 205. The van der Waals surface area contributed by atoms with Gasteiger partial charge in [-0.25, -0.2) is 0 Å². The van der Waals surface area contributed by atoms with Crippen molar-refractivity contribution >= 4 is 18.4 Å². The number of hydrogen-bond donors (Lipinski definition) is 3. The molecule has 2 fully saturated rings. The molecular formula is C7H12ClNO4. The fraction of sp³-hybridized carbons (Fsp3) is 0.857. The van der Waals surface area contributed by atoms with Crippen molar-refractivity contribution in [1.82, 2.24) is 0 Å². The zero-order valence-electron chi connectivity index (χ0n) is 6.79. The van der Waals surface area contributed by atoms with Crippen LogP contribution in [0.25, 0.3) is 0 Å². The zero-order chi connectivity index (χ0) is 8.88. The first-order valence-electron chi connectivity index (χ1n) is 3.92. The summed E-state index contributed by atoms with van der Waals surface area (Å²) in [5, 5.41) is 18.6. The van der Waals surface area contributed by atoms with Gasteiger partial charge in [0.15, 0.2) is 0 Å². The van der Waals surface area contributed by atoms with E-state index in [9.17, 15) is 15.0 Å². The number of carbonyl (C=O) groups is 1. The minimum Gasteiger partial charge on any atom is -0.459 e. The molecule has 6 heteroatoms. The van der Waals surface area contributed by atoms with Crippen molar-refractivity contribution in [1.29, 1.82) is 0 Å². The fourth-order valence-corrected chi connectivity index (χ4v) is 1.95. The van der Waals surface area contributed by atoms with Crippen molar-refractivity contribution < 1.29 is 19.7 Å². The summed E-state index contributed by atoms with van der Waals surface area (Å²) in [6.07, 6.45) is -2.37. The average Bonchev–Trinajstić information content (AvgIpc) is 2.49. The topological polar surface area (TPSA) is 92.8 Å². The molecule has 4 N–H and O–H groups in total. The van der Waals surface area contributed by atoms with Gasteiger partial charge in [0.05, 0.1) is 12.5 Å². The summed E-state index contributed by atoms with van der Waals surface area (Å²) in [7, 11) is 0. The molecule has 0 unspecified atom stereocenters. The third-order valence-electron chi connectivity index (χ3n) is 2.67. The number of hydrogen-bond acceptors (Lipinski definition) is 5. The van der Waals surface area contributed by atoms with Crippen LogP contribution in [0.5, 0.6) is 0 Å². The van der Waals surface area contributed by atoms with E-state index in [1.54, 1.807) is 0 Å². The fourth-order valence-electron chi connectivity index (χ4n) is 1.95. The quantitative estimate of drug-likeness (QED) is 0.418. The summed E-state index contributed by atoms with van der Waals surface area (Å²) in [4.78, 5) is 10.8. The van der Waals surface area contributed by atoms with Crippen molar-refractivity contribution in [3.05, 3.63) is 0 Å². The predicted octanol–water partition coefficient (Wildman–Crippen LogP) is -1.60. The average molecular weight is 210 g/mol. The third-order valence-corrected chi connectivity index (χ3v) is 2.67. The largest absolute Gasteiger partial charge is 0.459 e. The van der Waals surface area contributed by atoms with E-state index in [0.717, 1.165) is 0 Å². The molecule has 1 aliphatic carbocycles. The lowest BCUT2D eigenvalue weighted by Crippen LogP contribution is -2.39. The highest BCUT2D eigenvalue weighted by atomic mass is 35.5. The van der Waals surface area contributed by atoms with E-state index >= 15 is 0 Å². The summed E-state index contributed by atoms with van der Waals surface area (Å²) >= 11 is 0. The first-order valence-corrected chi connectivity index (χ1v) is 3.92. The zero-order valence-corrected chi connectivity index (χ0v) is 7.61. The van der Waals surface area contributed by atoms with Crippen LogP contribution in [0.2, 0.25) is 0 Å². The van der Waals surface area contributed by atoms with Crippen LogP contribution in [0.15, 0.2) is 0 Å². The van der Waals surface area contributed by atoms with Gasteiger partial charge in [-0.15, -0.1) is 12.4 Å². The highest BCUT2D eigenvalue weighted by molar-refractivity contribution is 5.85. The summed E-state index contributed by atoms with van der Waals surface area (Å²) in [5.41, 5.74) is 5.57. The van der Waals surface area contributed by atoms with Crippen LogP contribution in [0.1, 0.15) is 6.42 Å². The number of rotatable bonds is 0. The molecule has 0 radical (unpaired) electrons. The molecule has 0 amide bonds. The smallest absolute Gasteiger partial charge is 0.306 e. The highest BCUT2D eigenvalue weighted by Gasteiger charge is 2.54. The van der Waals surface area contributed by atoms with Gasteiger partial charge in [-0.3, -0.25) is 4.79 Å². The molecule has 1 saturated heterocycles. The Morgan fingerprint density at radius 3 is 2.54 bits per heavy atom. The Balaban J connectivity index is 0.000000845. The molecular weight excluding hydrogens is 198 g/mol. The maximum Gasteiger partial charge on any atom is 0.306 e. The van der Waals surface area contributed by atoms with Gasteiger partial charge in [-0.1, -0.05) is 0 Å². The molecule has 0 aromatic heterocycles. The van der Waals surface area contributed by atoms with E-state index in [-0.39, 0.29) is 30.7 Å². The van der Waals surface area contributed by atoms with Gasteiger partial charge >= 0.3 is 5.97 Å². The van der Waals surface area contributed by atoms with E-state index in [0.29, 0.717) is 0 Å². The Morgan fingerprint density at radius 1 is 1.38 bits per heavy atom. The Kier molecular flexibility index (Phi) is 2.82. The van der Waals surface area contributed by atoms with Crippen LogP contribution in [-0.2, 0) is 9.53 Å². The number of nitrogens with two attached hydrogens (primary N) is 1. The molecule has 0 aromatic rings. The van der Waals surface area contributed by atoms with Gasteiger partial charge in [0.2, 0.25) is 0 Å². The van der Waals surface area contributed by atoms with E-state index in [1.807, 2.05) is 0 Å². The lowest BCUT2D eigenvalue weighted by molar-refractivity contribution is -0.147. The van der Waals surface area contributed by atoms with E-state index < -0.39 is 24.4 Å². The van der Waals surface area contributed by atoms with E-state index in [4.69, 9.17) is 10.5 Å². The molecule has 0 aromatic carbocycles. The molecule has 2 aliphatic rings. The van der Waals surface area contributed by atoms with E-state index in [2.05, 4.69) is 0 Å². The minimum atomic E-state index is -1.02. The summed E-state index contributed by atoms with van der Waals surface area (Å²) < 4.78 is 4.81. The number of esters is 1. The number of fused-ring (bicyclic) bond motifs is 1. The molecule has 5 nitrogen and oxygen atoms in total. The maximum absolute atomic E-state index is 10.8. The monoisotopic (exact) mass is 209 g/mol. The normalized spacial score (nSPS) is 48.2. The van der Waals surface area contributed by atoms with Crippen molar-refractivity contribution in [3.63, 3.8) is 0 Å². The number of aliphatic hydroxyl groups is 2. The molecule has 5 atom stereocenters. The Labute approximate surface area is 81.3 Å². The van der Waals surface area contributed by atoms with Gasteiger partial charge in [0.25, 0.3) is 0 Å². The van der Waals surface area contributed by atoms with Gasteiger partial charge in [-0.05, 0) is 0 Å². The van der Waals surface area contributed by atoms with Crippen molar-refractivity contribution in [2.24, 2.45) is 11.7 Å².